The van der Waals surface area contributed by atoms with Crippen molar-refractivity contribution in [3.8, 4) is 11.5 Å². The second-order valence-corrected chi connectivity index (χ2v) is 11.1. The van der Waals surface area contributed by atoms with Crippen LogP contribution in [-0.4, -0.2) is 35.5 Å². The molecular formula is C21H22ClN3O4S2. The van der Waals surface area contributed by atoms with Gasteiger partial charge >= 0.3 is 6.01 Å². The summed E-state index contributed by atoms with van der Waals surface area (Å²) < 4.78 is 30.2. The lowest BCUT2D eigenvalue weighted by atomic mass is 10.2. The van der Waals surface area contributed by atoms with E-state index in [0.717, 1.165) is 10.6 Å². The fourth-order valence-corrected chi connectivity index (χ4v) is 4.69. The van der Waals surface area contributed by atoms with Crippen molar-refractivity contribution in [1.29, 1.82) is 0 Å². The summed E-state index contributed by atoms with van der Waals surface area (Å²) in [5.41, 5.74) is 0.467. The topological polar surface area (TPSA) is 102 Å². The zero-order valence-corrected chi connectivity index (χ0v) is 19.4. The molecule has 0 aliphatic rings. The van der Waals surface area contributed by atoms with Gasteiger partial charge in [0.05, 0.1) is 10.1 Å². The smallest absolute Gasteiger partial charge is 0.322 e. The Morgan fingerprint density at radius 2 is 1.90 bits per heavy atom. The molecular weight excluding hydrogens is 458 g/mol. The number of carbonyl (C=O) groups excluding carboxylic acids is 1. The number of nitrogens with one attached hydrogen (secondary N) is 1. The van der Waals surface area contributed by atoms with Crippen LogP contribution in [0.3, 0.4) is 0 Å². The first kappa shape index (κ1) is 23.3. The number of nitrogens with zero attached hydrogens (tertiary/aromatic N) is 2. The second kappa shape index (κ2) is 10.3. The zero-order valence-electron chi connectivity index (χ0n) is 17.0. The molecule has 3 rings (SSSR count). The maximum Gasteiger partial charge on any atom is 0.322 e. The first-order valence-electron chi connectivity index (χ1n) is 9.62. The van der Waals surface area contributed by atoms with Gasteiger partial charge < -0.3 is 4.42 Å². The lowest BCUT2D eigenvalue weighted by molar-refractivity contribution is -0.116. The Morgan fingerprint density at radius 3 is 2.61 bits per heavy atom. The molecule has 3 aromatic rings. The van der Waals surface area contributed by atoms with Crippen molar-refractivity contribution in [2.24, 2.45) is 0 Å². The SMILES string of the molecule is CC(C)S(=O)(=O)c1cccc(-c2nnc(NC(=O)CCCSc3ccc(Cl)cc3)o2)c1. The average molecular weight is 480 g/mol. The van der Waals surface area contributed by atoms with Crippen LogP contribution >= 0.6 is 23.4 Å². The summed E-state index contributed by atoms with van der Waals surface area (Å²) in [6, 6.07) is 13.8. The fraction of sp³-hybridized carbons (Fsp3) is 0.286. The summed E-state index contributed by atoms with van der Waals surface area (Å²) in [4.78, 5) is 13.4. The van der Waals surface area contributed by atoms with E-state index < -0.39 is 15.1 Å². The third kappa shape index (κ3) is 6.32. The van der Waals surface area contributed by atoms with Crippen molar-refractivity contribution < 1.29 is 17.6 Å². The zero-order chi connectivity index (χ0) is 22.4. The van der Waals surface area contributed by atoms with E-state index in [4.69, 9.17) is 16.0 Å². The monoisotopic (exact) mass is 479 g/mol. The van der Waals surface area contributed by atoms with Gasteiger partial charge in [-0.15, -0.1) is 16.9 Å². The van der Waals surface area contributed by atoms with E-state index in [-0.39, 0.29) is 22.7 Å². The van der Waals surface area contributed by atoms with Crippen LogP contribution < -0.4 is 5.32 Å². The molecule has 164 valence electrons. The van der Waals surface area contributed by atoms with Crippen molar-refractivity contribution in [3.05, 3.63) is 53.6 Å². The second-order valence-electron chi connectivity index (χ2n) is 6.99. The van der Waals surface area contributed by atoms with Crippen molar-refractivity contribution in [3.63, 3.8) is 0 Å². The fourth-order valence-electron chi connectivity index (χ4n) is 2.60. The Balaban J connectivity index is 1.54. The van der Waals surface area contributed by atoms with Gasteiger partial charge in [0, 0.05) is 21.9 Å². The molecule has 0 fully saturated rings. The number of aromatic nitrogens is 2. The summed E-state index contributed by atoms with van der Waals surface area (Å²) in [5.74, 6) is 0.679. The summed E-state index contributed by atoms with van der Waals surface area (Å²) in [7, 11) is -3.42. The summed E-state index contributed by atoms with van der Waals surface area (Å²) in [6.45, 7) is 3.24. The first-order valence-corrected chi connectivity index (χ1v) is 12.5. The van der Waals surface area contributed by atoms with Crippen LogP contribution in [0.15, 0.2) is 62.7 Å². The number of hydrogen-bond donors (Lipinski definition) is 1. The average Bonchev–Trinajstić information content (AvgIpc) is 3.21. The van der Waals surface area contributed by atoms with E-state index in [1.54, 1.807) is 37.7 Å². The molecule has 31 heavy (non-hydrogen) atoms. The molecule has 0 spiro atoms. The molecule has 0 saturated heterocycles. The number of amides is 1. The van der Waals surface area contributed by atoms with Crippen LogP contribution in [0.25, 0.3) is 11.5 Å². The highest BCUT2D eigenvalue weighted by molar-refractivity contribution is 7.99. The standard InChI is InChI=1S/C21H22ClN3O4S2/c1-14(2)31(27,28)18-6-3-5-15(13-18)20-24-25-21(29-20)23-19(26)7-4-12-30-17-10-8-16(22)9-11-17/h3,5-6,8-11,13-14H,4,7,12H2,1-2H3,(H,23,25,26). The molecule has 0 unspecified atom stereocenters. The number of thioether (sulfide) groups is 1. The minimum Gasteiger partial charge on any atom is -0.403 e. The lowest BCUT2D eigenvalue weighted by Gasteiger charge is -2.08. The van der Waals surface area contributed by atoms with Crippen molar-refractivity contribution >= 4 is 45.1 Å². The highest BCUT2D eigenvalue weighted by atomic mass is 35.5. The van der Waals surface area contributed by atoms with E-state index >= 15 is 0 Å². The number of halogens is 1. The molecule has 1 heterocycles. The van der Waals surface area contributed by atoms with Gasteiger partial charge in [-0.1, -0.05) is 22.8 Å². The van der Waals surface area contributed by atoms with Crippen LogP contribution in [0.2, 0.25) is 5.02 Å². The first-order chi connectivity index (χ1) is 14.8. The maximum atomic E-state index is 12.4. The van der Waals surface area contributed by atoms with Crippen LogP contribution in [-0.2, 0) is 14.6 Å². The Kier molecular flexibility index (Phi) is 7.74. The molecule has 0 radical (unpaired) electrons. The van der Waals surface area contributed by atoms with E-state index in [2.05, 4.69) is 15.5 Å². The molecule has 2 aromatic carbocycles. The van der Waals surface area contributed by atoms with Gasteiger partial charge in [-0.25, -0.2) is 8.42 Å². The lowest BCUT2D eigenvalue weighted by Crippen LogP contribution is -2.13. The number of rotatable bonds is 9. The summed E-state index contributed by atoms with van der Waals surface area (Å²) in [5, 5.41) is 10.5. The molecule has 0 atom stereocenters. The van der Waals surface area contributed by atoms with Crippen LogP contribution in [0, 0.1) is 0 Å². The van der Waals surface area contributed by atoms with Gasteiger partial charge in [0.1, 0.15) is 0 Å². The van der Waals surface area contributed by atoms with Gasteiger partial charge in [0.25, 0.3) is 0 Å². The predicted octanol–water partition coefficient (Wildman–Crippen LogP) is 5.08. The molecule has 1 aromatic heterocycles. The van der Waals surface area contributed by atoms with Crippen molar-refractivity contribution in [1.82, 2.24) is 10.2 Å². The number of benzene rings is 2. The number of anilines is 1. The van der Waals surface area contributed by atoms with Gasteiger partial charge in [-0.05, 0) is 68.5 Å². The normalized spacial score (nSPS) is 11.6. The molecule has 0 aliphatic carbocycles. The van der Waals surface area contributed by atoms with Crippen molar-refractivity contribution in [2.45, 2.75) is 41.7 Å². The molecule has 0 aliphatic heterocycles. The summed E-state index contributed by atoms with van der Waals surface area (Å²) in [6.07, 6.45) is 0.982. The van der Waals surface area contributed by atoms with Gasteiger partial charge in [0.2, 0.25) is 11.8 Å². The number of hydrogen-bond acceptors (Lipinski definition) is 7. The quantitative estimate of drug-likeness (QED) is 0.337. The molecule has 1 amide bonds. The molecule has 1 N–H and O–H groups in total. The van der Waals surface area contributed by atoms with Gasteiger partial charge in [0.15, 0.2) is 9.84 Å². The predicted molar refractivity (Wildman–Crippen MR) is 122 cm³/mol. The Labute approximate surface area is 190 Å². The number of carbonyl (C=O) groups is 1. The maximum absolute atomic E-state index is 12.4. The highest BCUT2D eigenvalue weighted by Gasteiger charge is 2.20. The Morgan fingerprint density at radius 1 is 1.16 bits per heavy atom. The van der Waals surface area contributed by atoms with Crippen LogP contribution in [0.1, 0.15) is 26.7 Å². The minimum atomic E-state index is -3.42. The third-order valence-electron chi connectivity index (χ3n) is 4.33. The number of sulfone groups is 1. The molecule has 0 saturated carbocycles. The minimum absolute atomic E-state index is 0.0255. The van der Waals surface area contributed by atoms with E-state index in [9.17, 15) is 13.2 Å². The van der Waals surface area contributed by atoms with Crippen molar-refractivity contribution in [2.75, 3.05) is 11.1 Å². The Bertz CT molecular complexity index is 1150. The van der Waals surface area contributed by atoms with Crippen LogP contribution in [0.4, 0.5) is 6.01 Å². The Hall–Kier alpha value is -2.36. The van der Waals surface area contributed by atoms with E-state index in [1.165, 1.54) is 12.1 Å². The summed E-state index contributed by atoms with van der Waals surface area (Å²) >= 11 is 7.51. The molecule has 10 heteroatoms. The molecule has 0 bridgehead atoms. The van der Waals surface area contributed by atoms with Gasteiger partial charge in [-0.2, -0.15) is 0 Å². The van der Waals surface area contributed by atoms with Gasteiger partial charge in [-0.3, -0.25) is 10.1 Å². The van der Waals surface area contributed by atoms with E-state index in [0.29, 0.717) is 23.4 Å². The third-order valence-corrected chi connectivity index (χ3v) is 7.83. The van der Waals surface area contributed by atoms with Crippen LogP contribution in [0.5, 0.6) is 0 Å². The largest absolute Gasteiger partial charge is 0.403 e. The van der Waals surface area contributed by atoms with E-state index in [1.807, 2.05) is 24.3 Å². The highest BCUT2D eigenvalue weighted by Crippen LogP contribution is 2.25. The molecule has 7 nitrogen and oxygen atoms in total.